The minimum atomic E-state index is -0.397. The summed E-state index contributed by atoms with van der Waals surface area (Å²) in [4.78, 5) is 25.7. The second-order valence-electron chi connectivity index (χ2n) is 5.54. The summed E-state index contributed by atoms with van der Waals surface area (Å²) >= 11 is 0. The van der Waals surface area contributed by atoms with Crippen molar-refractivity contribution >= 4 is 17.6 Å². The largest absolute Gasteiger partial charge is 0.468 e. The van der Waals surface area contributed by atoms with Crippen LogP contribution in [0, 0.1) is 11.3 Å². The Hall–Kier alpha value is -3.11. The molecule has 0 aliphatic heterocycles. The van der Waals surface area contributed by atoms with Gasteiger partial charge in [0.25, 0.3) is 0 Å². The van der Waals surface area contributed by atoms with E-state index in [1.165, 1.54) is 0 Å². The lowest BCUT2D eigenvalue weighted by atomic mass is 10.2. The summed E-state index contributed by atoms with van der Waals surface area (Å²) in [6, 6.07) is 12.2. The number of ether oxygens (including phenoxy) is 1. The van der Waals surface area contributed by atoms with E-state index in [0.29, 0.717) is 37.4 Å². The van der Waals surface area contributed by atoms with Crippen molar-refractivity contribution in [2.45, 2.75) is 19.9 Å². The topological polar surface area (TPSA) is 95.6 Å². The highest BCUT2D eigenvalue weighted by atomic mass is 16.5. The highest BCUT2D eigenvalue weighted by Crippen LogP contribution is 2.11. The molecule has 0 spiro atoms. The molecule has 1 amide bonds. The Morgan fingerprint density at radius 1 is 1.27 bits per heavy atom. The molecule has 0 saturated carbocycles. The molecule has 1 heterocycles. The van der Waals surface area contributed by atoms with Gasteiger partial charge in [0, 0.05) is 18.7 Å². The number of nitrogens with zero attached hydrogens (tertiary/aromatic N) is 2. The van der Waals surface area contributed by atoms with Gasteiger partial charge in [0.05, 0.1) is 37.6 Å². The third-order valence-electron chi connectivity index (χ3n) is 3.55. The molecule has 2 rings (SSSR count). The van der Waals surface area contributed by atoms with Crippen LogP contribution in [0.1, 0.15) is 29.5 Å². The van der Waals surface area contributed by atoms with Crippen LogP contribution in [0.4, 0.5) is 5.69 Å². The van der Waals surface area contributed by atoms with Crippen LogP contribution in [-0.4, -0.2) is 36.5 Å². The van der Waals surface area contributed by atoms with Gasteiger partial charge in [0.1, 0.15) is 5.76 Å². The molecule has 0 aliphatic carbocycles. The molecular formula is C19H21N3O4. The maximum absolute atomic E-state index is 12.3. The molecule has 26 heavy (non-hydrogen) atoms. The number of esters is 1. The number of carbonyl (C=O) groups is 2. The van der Waals surface area contributed by atoms with Gasteiger partial charge in [0.2, 0.25) is 5.91 Å². The molecule has 136 valence electrons. The average molecular weight is 355 g/mol. The third-order valence-corrected chi connectivity index (χ3v) is 3.55. The molecule has 1 aromatic carbocycles. The van der Waals surface area contributed by atoms with E-state index in [9.17, 15) is 9.59 Å². The van der Waals surface area contributed by atoms with Gasteiger partial charge in [-0.15, -0.1) is 0 Å². The number of anilines is 1. The lowest BCUT2D eigenvalue weighted by molar-refractivity contribution is -0.117. The van der Waals surface area contributed by atoms with Crippen molar-refractivity contribution in [2.24, 2.45) is 0 Å². The standard InChI is InChI=1S/C19H21N3O4/c1-2-25-19(24)15-6-8-16(9-7-15)21-18(23)14-22(11-4-10-20)13-17-5-3-12-26-17/h3,5-9,12H,2,4,11,13-14H2,1H3,(H,21,23). The number of hydrogen-bond acceptors (Lipinski definition) is 6. The first-order chi connectivity index (χ1) is 12.6. The molecule has 7 heteroatoms. The fourth-order valence-corrected chi connectivity index (χ4v) is 2.35. The average Bonchev–Trinajstić information content (AvgIpc) is 3.13. The normalized spacial score (nSPS) is 10.3. The highest BCUT2D eigenvalue weighted by Gasteiger charge is 2.13. The summed E-state index contributed by atoms with van der Waals surface area (Å²) in [5.41, 5.74) is 1.01. The summed E-state index contributed by atoms with van der Waals surface area (Å²) < 4.78 is 10.2. The summed E-state index contributed by atoms with van der Waals surface area (Å²) in [5.74, 6) is 0.124. The Bertz CT molecular complexity index is 748. The number of hydrogen-bond donors (Lipinski definition) is 1. The quantitative estimate of drug-likeness (QED) is 0.695. The number of benzene rings is 1. The van der Waals surface area contributed by atoms with Crippen molar-refractivity contribution in [1.82, 2.24) is 4.90 Å². The van der Waals surface area contributed by atoms with E-state index < -0.39 is 5.97 Å². The molecule has 7 nitrogen and oxygen atoms in total. The highest BCUT2D eigenvalue weighted by molar-refractivity contribution is 5.94. The molecule has 1 N–H and O–H groups in total. The second-order valence-corrected chi connectivity index (χ2v) is 5.54. The maximum atomic E-state index is 12.3. The van der Waals surface area contributed by atoms with Crippen molar-refractivity contribution in [3.8, 4) is 6.07 Å². The number of carbonyl (C=O) groups excluding carboxylic acids is 2. The molecule has 0 saturated heterocycles. The maximum Gasteiger partial charge on any atom is 0.338 e. The molecule has 0 aliphatic rings. The first-order valence-corrected chi connectivity index (χ1v) is 8.31. The molecule has 0 atom stereocenters. The molecule has 2 aromatic rings. The Labute approximate surface area is 152 Å². The number of nitrogens with one attached hydrogen (secondary N) is 1. The van der Waals surface area contributed by atoms with Crippen molar-refractivity contribution in [1.29, 1.82) is 5.26 Å². The van der Waals surface area contributed by atoms with E-state index in [-0.39, 0.29) is 12.5 Å². The fraction of sp³-hybridized carbons (Fsp3) is 0.316. The molecule has 1 aromatic heterocycles. The minimum absolute atomic E-state index is 0.127. The summed E-state index contributed by atoms with van der Waals surface area (Å²) in [5, 5.41) is 11.6. The Balaban J connectivity index is 1.92. The Morgan fingerprint density at radius 3 is 2.65 bits per heavy atom. The van der Waals surface area contributed by atoms with Gasteiger partial charge in [-0.25, -0.2) is 4.79 Å². The predicted molar refractivity (Wildman–Crippen MR) is 95.2 cm³/mol. The third kappa shape index (κ3) is 6.07. The number of nitriles is 1. The van der Waals surface area contributed by atoms with E-state index in [1.807, 2.05) is 11.0 Å². The lowest BCUT2D eigenvalue weighted by Gasteiger charge is -2.19. The van der Waals surface area contributed by atoms with Crippen molar-refractivity contribution in [2.75, 3.05) is 25.0 Å². The van der Waals surface area contributed by atoms with E-state index >= 15 is 0 Å². The van der Waals surface area contributed by atoms with Gasteiger partial charge in [-0.05, 0) is 43.3 Å². The van der Waals surface area contributed by atoms with E-state index in [4.69, 9.17) is 14.4 Å². The smallest absolute Gasteiger partial charge is 0.338 e. The second kappa shape index (κ2) is 10.0. The number of rotatable bonds is 9. The van der Waals surface area contributed by atoms with Gasteiger partial charge >= 0.3 is 5.97 Å². The zero-order chi connectivity index (χ0) is 18.8. The SMILES string of the molecule is CCOC(=O)c1ccc(NC(=O)CN(CCC#N)Cc2ccco2)cc1. The molecular weight excluding hydrogens is 334 g/mol. The molecule has 0 bridgehead atoms. The lowest BCUT2D eigenvalue weighted by Crippen LogP contribution is -2.33. The van der Waals surface area contributed by atoms with Crippen LogP contribution in [0.15, 0.2) is 47.1 Å². The van der Waals surface area contributed by atoms with Crippen molar-refractivity contribution in [3.05, 3.63) is 54.0 Å². The van der Waals surface area contributed by atoms with E-state index in [1.54, 1.807) is 43.5 Å². The Kier molecular flexibility index (Phi) is 7.40. The molecule has 0 radical (unpaired) electrons. The van der Waals surface area contributed by atoms with Crippen LogP contribution in [0.3, 0.4) is 0 Å². The Morgan fingerprint density at radius 2 is 2.04 bits per heavy atom. The van der Waals surface area contributed by atoms with Crippen LogP contribution in [0.25, 0.3) is 0 Å². The van der Waals surface area contributed by atoms with Crippen LogP contribution in [0.2, 0.25) is 0 Å². The van der Waals surface area contributed by atoms with Gasteiger partial charge in [-0.3, -0.25) is 9.69 Å². The van der Waals surface area contributed by atoms with Gasteiger partial charge in [-0.2, -0.15) is 5.26 Å². The summed E-state index contributed by atoms with van der Waals surface area (Å²) in [6.45, 7) is 3.09. The van der Waals surface area contributed by atoms with Crippen LogP contribution in [0.5, 0.6) is 0 Å². The monoisotopic (exact) mass is 355 g/mol. The van der Waals surface area contributed by atoms with Gasteiger partial charge in [-0.1, -0.05) is 0 Å². The van der Waals surface area contributed by atoms with Gasteiger partial charge < -0.3 is 14.5 Å². The summed E-state index contributed by atoms with van der Waals surface area (Å²) in [6.07, 6.45) is 1.89. The van der Waals surface area contributed by atoms with Gasteiger partial charge in [0.15, 0.2) is 0 Å². The van der Waals surface area contributed by atoms with Crippen LogP contribution in [-0.2, 0) is 16.1 Å². The number of amides is 1. The van der Waals surface area contributed by atoms with Crippen molar-refractivity contribution < 1.29 is 18.7 Å². The molecule has 0 fully saturated rings. The zero-order valence-corrected chi connectivity index (χ0v) is 14.6. The first-order valence-electron chi connectivity index (χ1n) is 8.31. The first kappa shape index (κ1) is 19.2. The minimum Gasteiger partial charge on any atom is -0.468 e. The predicted octanol–water partition coefficient (Wildman–Crippen LogP) is 2.81. The van der Waals surface area contributed by atoms with E-state index in [0.717, 1.165) is 5.76 Å². The zero-order valence-electron chi connectivity index (χ0n) is 14.6. The molecule has 0 unspecified atom stereocenters. The summed E-state index contributed by atoms with van der Waals surface area (Å²) in [7, 11) is 0. The van der Waals surface area contributed by atoms with E-state index in [2.05, 4.69) is 11.4 Å². The van der Waals surface area contributed by atoms with Crippen LogP contribution < -0.4 is 5.32 Å². The van der Waals surface area contributed by atoms with Crippen LogP contribution >= 0.6 is 0 Å². The van der Waals surface area contributed by atoms with Crippen molar-refractivity contribution in [3.63, 3.8) is 0 Å². The fourth-order valence-electron chi connectivity index (χ4n) is 2.35. The number of furan rings is 1.